The number of rotatable bonds is 7. The van der Waals surface area contributed by atoms with E-state index in [-0.39, 0.29) is 0 Å². The molecule has 0 aromatic heterocycles. The second-order valence-corrected chi connectivity index (χ2v) is 5.70. The van der Waals surface area contributed by atoms with Gasteiger partial charge in [0.1, 0.15) is 11.5 Å². The Morgan fingerprint density at radius 1 is 1.00 bits per heavy atom. The largest absolute Gasteiger partial charge is 0.497 e. The summed E-state index contributed by atoms with van der Waals surface area (Å²) in [5.74, 6) is 2.54. The molecule has 2 N–H and O–H groups in total. The van der Waals surface area contributed by atoms with Crippen molar-refractivity contribution in [2.24, 2.45) is 4.99 Å². The van der Waals surface area contributed by atoms with Crippen LogP contribution in [0, 0.1) is 6.92 Å². The fourth-order valence-electron chi connectivity index (χ4n) is 2.52. The fraction of sp³-hybridized carbons (Fsp3) is 0.350. The number of hydrogen-bond donors (Lipinski definition) is 2. The van der Waals surface area contributed by atoms with Crippen molar-refractivity contribution in [2.45, 2.75) is 26.9 Å². The number of benzene rings is 2. The van der Waals surface area contributed by atoms with Gasteiger partial charge in [0.2, 0.25) is 0 Å². The second-order valence-electron chi connectivity index (χ2n) is 5.70. The number of hydrogen-bond acceptors (Lipinski definition) is 3. The topological polar surface area (TPSA) is 54.9 Å². The van der Waals surface area contributed by atoms with Gasteiger partial charge in [-0.1, -0.05) is 24.3 Å². The van der Waals surface area contributed by atoms with Crippen molar-refractivity contribution in [3.63, 3.8) is 0 Å². The maximum atomic E-state index is 5.30. The van der Waals surface area contributed by atoms with Gasteiger partial charge in [-0.05, 0) is 48.7 Å². The van der Waals surface area contributed by atoms with E-state index in [9.17, 15) is 0 Å². The minimum atomic E-state index is 0.591. The van der Waals surface area contributed by atoms with Crippen LogP contribution in [0.25, 0.3) is 0 Å². The molecule has 0 spiro atoms. The molecule has 2 rings (SSSR count). The van der Waals surface area contributed by atoms with Gasteiger partial charge in [0, 0.05) is 13.1 Å². The highest BCUT2D eigenvalue weighted by atomic mass is 16.5. The maximum Gasteiger partial charge on any atom is 0.191 e. The summed E-state index contributed by atoms with van der Waals surface area (Å²) in [5.41, 5.74) is 3.42. The zero-order valence-electron chi connectivity index (χ0n) is 15.4. The Labute approximate surface area is 150 Å². The van der Waals surface area contributed by atoms with Crippen molar-refractivity contribution >= 4 is 5.96 Å². The maximum absolute atomic E-state index is 5.30. The van der Waals surface area contributed by atoms with E-state index in [2.05, 4.69) is 34.7 Å². The van der Waals surface area contributed by atoms with Crippen LogP contribution in [-0.2, 0) is 13.1 Å². The van der Waals surface area contributed by atoms with E-state index in [0.717, 1.165) is 35.1 Å². The molecule has 25 heavy (non-hydrogen) atoms. The Kier molecular flexibility index (Phi) is 7.14. The summed E-state index contributed by atoms with van der Waals surface area (Å²) >= 11 is 0. The van der Waals surface area contributed by atoms with Crippen LogP contribution in [0.15, 0.2) is 47.5 Å². The van der Waals surface area contributed by atoms with Gasteiger partial charge in [0.05, 0.1) is 20.8 Å². The first-order valence-corrected chi connectivity index (χ1v) is 8.45. The standard InChI is InChI=1S/C20H27N3O2/c1-5-21-20(22-13-16-7-6-8-18(12-16)24-3)23-14-17-9-10-19(25-4)15(2)11-17/h6-12H,5,13-14H2,1-4H3,(H2,21,22,23). The molecule has 134 valence electrons. The molecule has 0 heterocycles. The van der Waals surface area contributed by atoms with Gasteiger partial charge in [-0.3, -0.25) is 0 Å². The van der Waals surface area contributed by atoms with Gasteiger partial charge in [-0.25, -0.2) is 4.99 Å². The molecular weight excluding hydrogens is 314 g/mol. The van der Waals surface area contributed by atoms with Crippen molar-refractivity contribution in [2.75, 3.05) is 20.8 Å². The third-order valence-corrected chi connectivity index (χ3v) is 3.82. The molecule has 5 nitrogen and oxygen atoms in total. The summed E-state index contributed by atoms with van der Waals surface area (Å²) in [6, 6.07) is 14.1. The molecule has 0 saturated carbocycles. The number of ether oxygens (including phenoxy) is 2. The summed E-state index contributed by atoms with van der Waals surface area (Å²) in [4.78, 5) is 4.64. The number of aliphatic imine (C=N–C) groups is 1. The lowest BCUT2D eigenvalue weighted by Gasteiger charge is -2.13. The van der Waals surface area contributed by atoms with E-state index in [1.807, 2.05) is 37.3 Å². The number of methoxy groups -OCH3 is 2. The van der Waals surface area contributed by atoms with Gasteiger partial charge in [0.25, 0.3) is 0 Å². The molecule has 5 heteroatoms. The zero-order valence-corrected chi connectivity index (χ0v) is 15.4. The molecule has 0 amide bonds. The van der Waals surface area contributed by atoms with E-state index >= 15 is 0 Å². The lowest BCUT2D eigenvalue weighted by atomic mass is 10.1. The van der Waals surface area contributed by atoms with Crippen LogP contribution in [0.2, 0.25) is 0 Å². The minimum Gasteiger partial charge on any atom is -0.497 e. The highest BCUT2D eigenvalue weighted by molar-refractivity contribution is 5.79. The molecule has 0 bridgehead atoms. The smallest absolute Gasteiger partial charge is 0.191 e. The van der Waals surface area contributed by atoms with E-state index in [1.165, 1.54) is 5.56 Å². The Morgan fingerprint density at radius 3 is 2.52 bits per heavy atom. The SMILES string of the molecule is CCNC(=NCc1cccc(OC)c1)NCc1ccc(OC)c(C)c1. The van der Waals surface area contributed by atoms with E-state index in [4.69, 9.17) is 9.47 Å². The van der Waals surface area contributed by atoms with E-state index in [0.29, 0.717) is 13.1 Å². The monoisotopic (exact) mass is 341 g/mol. The average molecular weight is 341 g/mol. The van der Waals surface area contributed by atoms with Crippen LogP contribution in [0.5, 0.6) is 11.5 Å². The summed E-state index contributed by atoms with van der Waals surface area (Å²) in [7, 11) is 3.36. The molecule has 0 aliphatic carbocycles. The van der Waals surface area contributed by atoms with Crippen LogP contribution in [0.3, 0.4) is 0 Å². The highest BCUT2D eigenvalue weighted by Crippen LogP contribution is 2.18. The minimum absolute atomic E-state index is 0.591. The Morgan fingerprint density at radius 2 is 1.84 bits per heavy atom. The van der Waals surface area contributed by atoms with Gasteiger partial charge in [-0.2, -0.15) is 0 Å². The second kappa shape index (κ2) is 9.57. The summed E-state index contributed by atoms with van der Waals surface area (Å²) < 4.78 is 10.6. The van der Waals surface area contributed by atoms with Crippen LogP contribution < -0.4 is 20.1 Å². The van der Waals surface area contributed by atoms with Gasteiger partial charge < -0.3 is 20.1 Å². The highest BCUT2D eigenvalue weighted by Gasteiger charge is 2.02. The number of nitrogens with one attached hydrogen (secondary N) is 2. The lowest BCUT2D eigenvalue weighted by molar-refractivity contribution is 0.411. The van der Waals surface area contributed by atoms with E-state index < -0.39 is 0 Å². The summed E-state index contributed by atoms with van der Waals surface area (Å²) in [6.07, 6.45) is 0. The van der Waals surface area contributed by atoms with Crippen LogP contribution in [-0.4, -0.2) is 26.7 Å². The lowest BCUT2D eigenvalue weighted by Crippen LogP contribution is -2.36. The molecule has 0 saturated heterocycles. The molecule has 0 aliphatic heterocycles. The first kappa shape index (κ1) is 18.6. The Hall–Kier alpha value is -2.69. The normalized spacial score (nSPS) is 11.1. The van der Waals surface area contributed by atoms with Crippen LogP contribution in [0.1, 0.15) is 23.6 Å². The summed E-state index contributed by atoms with van der Waals surface area (Å²) in [6.45, 7) is 6.21. The van der Waals surface area contributed by atoms with Crippen molar-refractivity contribution in [1.82, 2.24) is 10.6 Å². The van der Waals surface area contributed by atoms with Gasteiger partial charge in [0.15, 0.2) is 5.96 Å². The van der Waals surface area contributed by atoms with Crippen molar-refractivity contribution in [3.8, 4) is 11.5 Å². The quantitative estimate of drug-likeness (QED) is 0.599. The zero-order chi connectivity index (χ0) is 18.1. The van der Waals surface area contributed by atoms with Crippen LogP contribution >= 0.6 is 0 Å². The molecule has 0 radical (unpaired) electrons. The van der Waals surface area contributed by atoms with Crippen LogP contribution in [0.4, 0.5) is 0 Å². The molecule has 2 aromatic rings. The predicted octanol–water partition coefficient (Wildman–Crippen LogP) is 3.27. The third kappa shape index (κ3) is 5.71. The number of aryl methyl sites for hydroxylation is 1. The molecule has 0 unspecified atom stereocenters. The molecule has 0 atom stereocenters. The van der Waals surface area contributed by atoms with Gasteiger partial charge in [-0.15, -0.1) is 0 Å². The van der Waals surface area contributed by atoms with Crippen molar-refractivity contribution < 1.29 is 9.47 Å². The first-order chi connectivity index (χ1) is 12.2. The molecule has 2 aromatic carbocycles. The first-order valence-electron chi connectivity index (χ1n) is 8.45. The average Bonchev–Trinajstić information content (AvgIpc) is 2.64. The Balaban J connectivity index is 2.00. The predicted molar refractivity (Wildman–Crippen MR) is 102 cm³/mol. The number of guanidine groups is 1. The van der Waals surface area contributed by atoms with Crippen molar-refractivity contribution in [3.05, 3.63) is 59.2 Å². The molecule has 0 aliphatic rings. The molecule has 0 fully saturated rings. The number of nitrogens with zero attached hydrogens (tertiary/aromatic N) is 1. The van der Waals surface area contributed by atoms with E-state index in [1.54, 1.807) is 14.2 Å². The Bertz CT molecular complexity index is 714. The van der Waals surface area contributed by atoms with Crippen molar-refractivity contribution in [1.29, 1.82) is 0 Å². The molecular formula is C20H27N3O2. The van der Waals surface area contributed by atoms with Gasteiger partial charge >= 0.3 is 0 Å². The summed E-state index contributed by atoms with van der Waals surface area (Å²) in [5, 5.41) is 6.64. The fourth-order valence-corrected chi connectivity index (χ4v) is 2.52. The third-order valence-electron chi connectivity index (χ3n) is 3.82.